The van der Waals surface area contributed by atoms with E-state index in [4.69, 9.17) is 28.5 Å². The van der Waals surface area contributed by atoms with Crippen LogP contribution < -0.4 is 0 Å². The number of para-hydroxylation sites is 1. The average Bonchev–Trinajstić information content (AvgIpc) is 2.88. The molecule has 0 unspecified atom stereocenters. The van der Waals surface area contributed by atoms with E-state index in [9.17, 15) is 4.39 Å². The van der Waals surface area contributed by atoms with E-state index in [-0.39, 0.29) is 16.6 Å². The highest BCUT2D eigenvalue weighted by molar-refractivity contribution is 6.30. The van der Waals surface area contributed by atoms with Gasteiger partial charge >= 0.3 is 0 Å². The zero-order valence-electron chi connectivity index (χ0n) is 10.6. The Bertz CT molecular complexity index is 880. The van der Waals surface area contributed by atoms with Crippen molar-refractivity contribution >= 4 is 34.2 Å². The molecule has 0 aliphatic carbocycles. The van der Waals surface area contributed by atoms with Crippen LogP contribution >= 0.6 is 23.2 Å². The number of rotatable bonds is 2. The minimum atomic E-state index is -0.549. The van der Waals surface area contributed by atoms with Gasteiger partial charge in [0.25, 0.3) is 0 Å². The van der Waals surface area contributed by atoms with E-state index in [0.717, 1.165) is 0 Å². The third-order valence-corrected chi connectivity index (χ3v) is 3.70. The molecule has 0 saturated carbocycles. The van der Waals surface area contributed by atoms with Gasteiger partial charge in [-0.05, 0) is 24.3 Å². The summed E-state index contributed by atoms with van der Waals surface area (Å²) < 4.78 is 15.9. The van der Waals surface area contributed by atoms with Crippen molar-refractivity contribution in [3.05, 3.63) is 58.6 Å². The highest BCUT2D eigenvalue weighted by Crippen LogP contribution is 2.28. The fourth-order valence-corrected chi connectivity index (χ4v) is 2.61. The predicted molar refractivity (Wildman–Crippen MR) is 80.3 cm³/mol. The Morgan fingerprint density at radius 3 is 2.71 bits per heavy atom. The first kappa shape index (κ1) is 13.9. The number of halogens is 3. The molecule has 21 heavy (non-hydrogen) atoms. The summed E-state index contributed by atoms with van der Waals surface area (Å²) in [6, 6.07) is 11.9. The molecule has 0 atom stereocenters. The van der Waals surface area contributed by atoms with Crippen molar-refractivity contribution in [2.45, 2.75) is 5.88 Å². The van der Waals surface area contributed by atoms with Gasteiger partial charge in [0.15, 0.2) is 5.82 Å². The van der Waals surface area contributed by atoms with Crippen LogP contribution in [0.5, 0.6) is 0 Å². The number of benzene rings is 2. The molecule has 0 amide bonds. The minimum Gasteiger partial charge on any atom is -0.292 e. The summed E-state index contributed by atoms with van der Waals surface area (Å²) in [6.45, 7) is 0. The van der Waals surface area contributed by atoms with Gasteiger partial charge in [0, 0.05) is 0 Å². The minimum absolute atomic E-state index is 0.0197. The van der Waals surface area contributed by atoms with Gasteiger partial charge in [-0.2, -0.15) is 5.26 Å². The van der Waals surface area contributed by atoms with Crippen LogP contribution in [0.15, 0.2) is 36.4 Å². The zero-order valence-corrected chi connectivity index (χ0v) is 12.2. The summed E-state index contributed by atoms with van der Waals surface area (Å²) in [5, 5.41) is 9.17. The number of nitriles is 1. The molecule has 0 spiro atoms. The lowest BCUT2D eigenvalue weighted by atomic mass is 10.2. The highest BCUT2D eigenvalue weighted by Gasteiger charge is 2.17. The molecule has 3 rings (SSSR count). The SMILES string of the molecule is N#Cc1cccc2c1nc(CCl)n2-c1cccc(Cl)c1F. The first-order valence-corrected chi connectivity index (χ1v) is 6.99. The van der Waals surface area contributed by atoms with Gasteiger partial charge in [0.2, 0.25) is 0 Å². The molecule has 0 aliphatic heterocycles. The standard InChI is InChI=1S/C15H8Cl2FN3/c16-7-13-20-15-9(8-19)3-1-6-12(15)21(13)11-5-2-4-10(17)14(11)18/h1-6H,7H2. The molecule has 104 valence electrons. The molecule has 3 aromatic rings. The largest absolute Gasteiger partial charge is 0.292 e. The quantitative estimate of drug-likeness (QED) is 0.656. The van der Waals surface area contributed by atoms with Crippen molar-refractivity contribution in [2.75, 3.05) is 0 Å². The molecule has 2 aromatic carbocycles. The summed E-state index contributed by atoms with van der Waals surface area (Å²) >= 11 is 11.8. The summed E-state index contributed by atoms with van der Waals surface area (Å²) in [7, 11) is 0. The van der Waals surface area contributed by atoms with Gasteiger partial charge in [0.05, 0.1) is 27.7 Å². The van der Waals surface area contributed by atoms with E-state index in [2.05, 4.69) is 11.1 Å². The maximum Gasteiger partial charge on any atom is 0.165 e. The normalized spacial score (nSPS) is 10.8. The number of aromatic nitrogens is 2. The van der Waals surface area contributed by atoms with E-state index >= 15 is 0 Å². The van der Waals surface area contributed by atoms with Crippen LogP contribution in [0.3, 0.4) is 0 Å². The molecule has 1 aromatic heterocycles. The van der Waals surface area contributed by atoms with Gasteiger partial charge in [-0.25, -0.2) is 9.37 Å². The van der Waals surface area contributed by atoms with Crippen LogP contribution in [0.1, 0.15) is 11.4 Å². The third kappa shape index (κ3) is 2.15. The second-order valence-electron chi connectivity index (χ2n) is 4.36. The molecular weight excluding hydrogens is 312 g/mol. The lowest BCUT2D eigenvalue weighted by Crippen LogP contribution is -2.02. The number of imidazole rings is 1. The molecule has 0 aliphatic rings. The fraction of sp³-hybridized carbons (Fsp3) is 0.0667. The Morgan fingerprint density at radius 2 is 2.00 bits per heavy atom. The van der Waals surface area contributed by atoms with Gasteiger partial charge in [-0.1, -0.05) is 23.7 Å². The van der Waals surface area contributed by atoms with E-state index < -0.39 is 5.82 Å². The van der Waals surface area contributed by atoms with Gasteiger partial charge < -0.3 is 0 Å². The average molecular weight is 320 g/mol. The summed E-state index contributed by atoms with van der Waals surface area (Å²) in [6.07, 6.45) is 0. The molecular formula is C15H8Cl2FN3. The Hall–Kier alpha value is -2.09. The maximum absolute atomic E-state index is 14.3. The molecule has 1 heterocycles. The van der Waals surface area contributed by atoms with E-state index in [1.807, 2.05) is 0 Å². The van der Waals surface area contributed by atoms with Crippen LogP contribution in [0, 0.1) is 17.1 Å². The number of hydrogen-bond acceptors (Lipinski definition) is 2. The number of fused-ring (bicyclic) bond motifs is 1. The Kier molecular flexibility index (Phi) is 3.54. The van der Waals surface area contributed by atoms with Crippen molar-refractivity contribution in [1.29, 1.82) is 5.26 Å². The second-order valence-corrected chi connectivity index (χ2v) is 5.03. The molecule has 0 bridgehead atoms. The summed E-state index contributed by atoms with van der Waals surface area (Å²) in [5.41, 5.74) is 1.79. The Labute approximate surface area is 130 Å². The monoisotopic (exact) mass is 319 g/mol. The molecule has 0 saturated heterocycles. The van der Waals surface area contributed by atoms with E-state index in [1.165, 1.54) is 6.07 Å². The van der Waals surface area contributed by atoms with Crippen molar-refractivity contribution < 1.29 is 4.39 Å². The molecule has 0 fully saturated rings. The van der Waals surface area contributed by atoms with Gasteiger partial charge in [-0.15, -0.1) is 11.6 Å². The van der Waals surface area contributed by atoms with Crippen LogP contribution in [0.4, 0.5) is 4.39 Å². The van der Waals surface area contributed by atoms with Crippen LogP contribution in [-0.2, 0) is 5.88 Å². The predicted octanol–water partition coefficient (Wildman–Crippen LogP) is 4.43. The summed E-state index contributed by atoms with van der Waals surface area (Å²) in [5.74, 6) is -0.00591. The number of nitrogens with zero attached hydrogens (tertiary/aromatic N) is 3. The molecule has 0 radical (unpaired) electrons. The van der Waals surface area contributed by atoms with Gasteiger partial charge in [-0.3, -0.25) is 4.57 Å². The van der Waals surface area contributed by atoms with Gasteiger partial charge in [0.1, 0.15) is 17.4 Å². The fourth-order valence-electron chi connectivity index (χ4n) is 2.26. The van der Waals surface area contributed by atoms with Crippen LogP contribution in [0.2, 0.25) is 5.02 Å². The third-order valence-electron chi connectivity index (χ3n) is 3.17. The van der Waals surface area contributed by atoms with Crippen LogP contribution in [0.25, 0.3) is 16.7 Å². The number of alkyl halides is 1. The van der Waals surface area contributed by atoms with E-state index in [0.29, 0.717) is 22.4 Å². The summed E-state index contributed by atoms with van der Waals surface area (Å²) in [4.78, 5) is 4.35. The lowest BCUT2D eigenvalue weighted by molar-refractivity contribution is 0.618. The first-order chi connectivity index (χ1) is 10.2. The van der Waals surface area contributed by atoms with E-state index in [1.54, 1.807) is 34.9 Å². The molecule has 0 N–H and O–H groups in total. The molecule has 6 heteroatoms. The Morgan fingerprint density at radius 1 is 1.24 bits per heavy atom. The van der Waals surface area contributed by atoms with Crippen molar-refractivity contribution in [1.82, 2.24) is 9.55 Å². The highest BCUT2D eigenvalue weighted by atomic mass is 35.5. The lowest BCUT2D eigenvalue weighted by Gasteiger charge is -2.09. The zero-order chi connectivity index (χ0) is 15.0. The first-order valence-electron chi connectivity index (χ1n) is 6.08. The topological polar surface area (TPSA) is 41.6 Å². The van der Waals surface area contributed by atoms with Crippen molar-refractivity contribution in [3.8, 4) is 11.8 Å². The smallest absolute Gasteiger partial charge is 0.165 e. The Balaban J connectivity index is 2.42. The second kappa shape index (κ2) is 5.36. The molecule has 3 nitrogen and oxygen atoms in total. The van der Waals surface area contributed by atoms with Crippen LogP contribution in [-0.4, -0.2) is 9.55 Å². The van der Waals surface area contributed by atoms with Crippen molar-refractivity contribution in [2.24, 2.45) is 0 Å². The van der Waals surface area contributed by atoms with Crippen molar-refractivity contribution in [3.63, 3.8) is 0 Å². The number of hydrogen-bond donors (Lipinski definition) is 0. The maximum atomic E-state index is 14.3.